The molecule has 0 spiro atoms. The molecule has 9 nitrogen and oxygen atoms in total. The Bertz CT molecular complexity index is 968. The molecule has 31 heavy (non-hydrogen) atoms. The van der Waals surface area contributed by atoms with Crippen LogP contribution >= 0.6 is 0 Å². The maximum absolute atomic E-state index is 12.6. The van der Waals surface area contributed by atoms with E-state index >= 15 is 0 Å². The average molecular weight is 426 g/mol. The topological polar surface area (TPSA) is 111 Å². The number of methoxy groups -OCH3 is 2. The molecule has 1 N–H and O–H groups in total. The van der Waals surface area contributed by atoms with Crippen LogP contribution in [0.5, 0.6) is 11.5 Å². The van der Waals surface area contributed by atoms with Crippen molar-refractivity contribution in [2.24, 2.45) is 5.92 Å². The van der Waals surface area contributed by atoms with Gasteiger partial charge in [-0.2, -0.15) is 0 Å². The SMILES string of the molecule is COc1cc(OC)cc(C(=O)NN2CC(C(=O)OCC(=O)c3ccccc3)CC2=O)c1. The van der Waals surface area contributed by atoms with Crippen molar-refractivity contribution in [2.45, 2.75) is 6.42 Å². The van der Waals surface area contributed by atoms with Gasteiger partial charge >= 0.3 is 5.97 Å². The third kappa shape index (κ3) is 5.39. The maximum atomic E-state index is 12.6. The highest BCUT2D eigenvalue weighted by Gasteiger charge is 2.36. The molecular formula is C22H22N2O7. The Labute approximate surface area is 178 Å². The Balaban J connectivity index is 1.56. The van der Waals surface area contributed by atoms with Crippen LogP contribution in [0.3, 0.4) is 0 Å². The molecule has 2 aromatic carbocycles. The highest BCUT2D eigenvalue weighted by Crippen LogP contribution is 2.23. The smallest absolute Gasteiger partial charge is 0.311 e. The zero-order chi connectivity index (χ0) is 22.4. The first-order valence-electron chi connectivity index (χ1n) is 9.50. The zero-order valence-electron chi connectivity index (χ0n) is 17.1. The number of benzene rings is 2. The van der Waals surface area contributed by atoms with Crippen LogP contribution in [0.1, 0.15) is 27.1 Å². The van der Waals surface area contributed by atoms with Gasteiger partial charge in [0.1, 0.15) is 11.5 Å². The summed E-state index contributed by atoms with van der Waals surface area (Å²) < 4.78 is 15.3. The van der Waals surface area contributed by atoms with Gasteiger partial charge in [0.2, 0.25) is 5.91 Å². The summed E-state index contributed by atoms with van der Waals surface area (Å²) in [6, 6.07) is 13.1. The molecule has 1 fully saturated rings. The molecule has 0 radical (unpaired) electrons. The fourth-order valence-electron chi connectivity index (χ4n) is 3.06. The van der Waals surface area contributed by atoms with E-state index in [9.17, 15) is 19.2 Å². The van der Waals surface area contributed by atoms with Crippen LogP contribution in [0.15, 0.2) is 48.5 Å². The minimum absolute atomic E-state index is 0.0516. The summed E-state index contributed by atoms with van der Waals surface area (Å²) in [5.41, 5.74) is 3.14. The molecule has 0 bridgehead atoms. The number of carbonyl (C=O) groups is 4. The number of ether oxygens (including phenoxy) is 3. The Morgan fingerprint density at radius 3 is 2.26 bits per heavy atom. The van der Waals surface area contributed by atoms with Gasteiger partial charge < -0.3 is 14.2 Å². The molecule has 1 atom stereocenters. The second-order valence-electron chi connectivity index (χ2n) is 6.84. The van der Waals surface area contributed by atoms with Crippen molar-refractivity contribution in [3.63, 3.8) is 0 Å². The van der Waals surface area contributed by atoms with Gasteiger partial charge in [-0.15, -0.1) is 0 Å². The number of hydrogen-bond acceptors (Lipinski definition) is 7. The van der Waals surface area contributed by atoms with Crippen molar-refractivity contribution < 1.29 is 33.4 Å². The lowest BCUT2D eigenvalue weighted by Crippen LogP contribution is -2.43. The van der Waals surface area contributed by atoms with Crippen LogP contribution in [-0.4, -0.2) is 55.9 Å². The number of esters is 1. The fourth-order valence-corrected chi connectivity index (χ4v) is 3.06. The Morgan fingerprint density at radius 2 is 1.65 bits per heavy atom. The number of nitrogens with one attached hydrogen (secondary N) is 1. The Hall–Kier alpha value is -3.88. The molecule has 9 heteroatoms. The van der Waals surface area contributed by atoms with E-state index in [-0.39, 0.29) is 24.3 Å². The van der Waals surface area contributed by atoms with Crippen molar-refractivity contribution >= 4 is 23.6 Å². The monoisotopic (exact) mass is 426 g/mol. The molecule has 2 aromatic rings. The van der Waals surface area contributed by atoms with Gasteiger partial charge in [-0.25, -0.2) is 0 Å². The normalized spacial score (nSPS) is 15.4. The third-order valence-corrected chi connectivity index (χ3v) is 4.75. The molecule has 2 amide bonds. The summed E-state index contributed by atoms with van der Waals surface area (Å²) in [6.45, 7) is -0.465. The van der Waals surface area contributed by atoms with E-state index in [2.05, 4.69) is 5.43 Å². The molecule has 1 unspecified atom stereocenters. The lowest BCUT2D eigenvalue weighted by Gasteiger charge is -2.18. The Morgan fingerprint density at radius 1 is 1.00 bits per heavy atom. The van der Waals surface area contributed by atoms with E-state index in [1.807, 2.05) is 0 Å². The summed E-state index contributed by atoms with van der Waals surface area (Å²) in [4.78, 5) is 49.2. The summed E-state index contributed by atoms with van der Waals surface area (Å²) >= 11 is 0. The second kappa shape index (κ2) is 9.75. The molecule has 1 saturated heterocycles. The number of rotatable bonds is 8. The van der Waals surface area contributed by atoms with Crippen molar-refractivity contribution in [1.82, 2.24) is 10.4 Å². The summed E-state index contributed by atoms with van der Waals surface area (Å²) in [5.74, 6) is -1.94. The first-order chi connectivity index (χ1) is 14.9. The van der Waals surface area contributed by atoms with Crippen molar-refractivity contribution in [1.29, 1.82) is 0 Å². The van der Waals surface area contributed by atoms with Gasteiger partial charge in [-0.1, -0.05) is 30.3 Å². The quantitative estimate of drug-likeness (QED) is 0.504. The molecular weight excluding hydrogens is 404 g/mol. The second-order valence-corrected chi connectivity index (χ2v) is 6.84. The van der Waals surface area contributed by atoms with E-state index in [0.717, 1.165) is 5.01 Å². The summed E-state index contributed by atoms with van der Waals surface area (Å²) in [6.07, 6.45) is -0.125. The fraction of sp³-hybridized carbons (Fsp3) is 0.273. The molecule has 0 aromatic heterocycles. The van der Waals surface area contributed by atoms with Crippen molar-refractivity contribution in [2.75, 3.05) is 27.4 Å². The molecule has 1 aliphatic rings. The van der Waals surface area contributed by atoms with E-state index in [4.69, 9.17) is 14.2 Å². The molecule has 0 saturated carbocycles. The van der Waals surface area contributed by atoms with Gasteiger partial charge in [0.05, 0.1) is 26.7 Å². The lowest BCUT2D eigenvalue weighted by molar-refractivity contribution is -0.147. The standard InChI is InChI=1S/C22H22N2O7/c1-29-17-8-15(9-18(11-17)30-2)21(27)23-24-12-16(10-20(24)26)22(28)31-13-19(25)14-6-4-3-5-7-14/h3-9,11,16H,10,12-13H2,1-2H3,(H,23,27). The molecule has 3 rings (SSSR count). The van der Waals surface area contributed by atoms with Crippen LogP contribution < -0.4 is 14.9 Å². The lowest BCUT2D eigenvalue weighted by atomic mass is 10.1. The van der Waals surface area contributed by atoms with E-state index < -0.39 is 30.3 Å². The van der Waals surface area contributed by atoms with Crippen molar-refractivity contribution in [3.05, 3.63) is 59.7 Å². The minimum Gasteiger partial charge on any atom is -0.497 e. The number of carbonyl (C=O) groups excluding carboxylic acids is 4. The van der Waals surface area contributed by atoms with E-state index in [0.29, 0.717) is 17.1 Å². The largest absolute Gasteiger partial charge is 0.497 e. The van der Waals surface area contributed by atoms with Crippen LogP contribution in [0.2, 0.25) is 0 Å². The Kier molecular flexibility index (Phi) is 6.86. The molecule has 1 heterocycles. The van der Waals surface area contributed by atoms with Crippen LogP contribution in [-0.2, 0) is 14.3 Å². The van der Waals surface area contributed by atoms with E-state index in [1.165, 1.54) is 26.4 Å². The highest BCUT2D eigenvalue weighted by molar-refractivity contribution is 5.99. The number of amides is 2. The highest BCUT2D eigenvalue weighted by atomic mass is 16.5. The number of Topliss-reactive ketones (excluding diaryl/α,β-unsaturated/α-hetero) is 1. The van der Waals surface area contributed by atoms with Gasteiger partial charge in [-0.3, -0.25) is 29.6 Å². The maximum Gasteiger partial charge on any atom is 0.311 e. The molecule has 0 aliphatic carbocycles. The first kappa shape index (κ1) is 21.8. The first-order valence-corrected chi connectivity index (χ1v) is 9.50. The number of nitrogens with zero attached hydrogens (tertiary/aromatic N) is 1. The van der Waals surface area contributed by atoms with Gasteiger partial charge in [-0.05, 0) is 12.1 Å². The molecule has 162 valence electrons. The number of hydrogen-bond donors (Lipinski definition) is 1. The van der Waals surface area contributed by atoms with Crippen molar-refractivity contribution in [3.8, 4) is 11.5 Å². The van der Waals surface area contributed by atoms with E-state index in [1.54, 1.807) is 36.4 Å². The van der Waals surface area contributed by atoms with Crippen LogP contribution in [0.4, 0.5) is 0 Å². The average Bonchev–Trinajstić information content (AvgIpc) is 3.17. The van der Waals surface area contributed by atoms with Crippen LogP contribution in [0, 0.1) is 5.92 Å². The van der Waals surface area contributed by atoms with Gasteiger partial charge in [0.25, 0.3) is 5.91 Å². The number of ketones is 1. The van der Waals surface area contributed by atoms with Gasteiger partial charge in [0, 0.05) is 23.6 Å². The summed E-state index contributed by atoms with van der Waals surface area (Å²) in [7, 11) is 2.92. The minimum atomic E-state index is -0.781. The predicted octanol–water partition coefficient (Wildman–Crippen LogP) is 1.62. The van der Waals surface area contributed by atoms with Crippen LogP contribution in [0.25, 0.3) is 0 Å². The zero-order valence-corrected chi connectivity index (χ0v) is 17.1. The molecule has 1 aliphatic heterocycles. The number of hydrazine groups is 1. The van der Waals surface area contributed by atoms with Gasteiger partial charge in [0.15, 0.2) is 12.4 Å². The third-order valence-electron chi connectivity index (χ3n) is 4.75. The predicted molar refractivity (Wildman–Crippen MR) is 109 cm³/mol. The summed E-state index contributed by atoms with van der Waals surface area (Å²) in [5, 5.41) is 1.07.